The summed E-state index contributed by atoms with van der Waals surface area (Å²) in [5.41, 5.74) is 6.04. The number of nitrogens with two attached hydrogens (primary N) is 1. The molecule has 2 N–H and O–H groups in total. The molecule has 4 heteroatoms. The Balaban J connectivity index is 1.58. The fraction of sp³-hybridized carbons (Fsp3) is 0.857. The van der Waals surface area contributed by atoms with E-state index in [9.17, 15) is 0 Å². The Morgan fingerprint density at radius 2 is 2.00 bits per heavy atom. The van der Waals surface area contributed by atoms with Crippen molar-refractivity contribution < 1.29 is 4.52 Å². The molecule has 1 heterocycles. The second-order valence-electron chi connectivity index (χ2n) is 6.60. The van der Waals surface area contributed by atoms with Gasteiger partial charge in [-0.25, -0.2) is 0 Å². The molecule has 1 aromatic rings. The normalized spacial score (nSPS) is 37.5. The molecule has 98 valence electrons. The molecule has 18 heavy (non-hydrogen) atoms. The number of hydrogen-bond acceptors (Lipinski definition) is 4. The lowest BCUT2D eigenvalue weighted by atomic mass is 9.88. The first-order chi connectivity index (χ1) is 8.74. The highest BCUT2D eigenvalue weighted by Gasteiger charge is 2.44. The van der Waals surface area contributed by atoms with Crippen molar-refractivity contribution in [2.24, 2.45) is 17.6 Å². The average Bonchev–Trinajstić information content (AvgIpc) is 3.13. The van der Waals surface area contributed by atoms with Crippen LogP contribution in [0.2, 0.25) is 0 Å². The predicted molar refractivity (Wildman–Crippen MR) is 66.8 cm³/mol. The summed E-state index contributed by atoms with van der Waals surface area (Å²) >= 11 is 0. The number of aromatic nitrogens is 2. The van der Waals surface area contributed by atoms with Crippen LogP contribution in [0.4, 0.5) is 0 Å². The molecule has 0 spiro atoms. The smallest absolute Gasteiger partial charge is 0.246 e. The van der Waals surface area contributed by atoms with Crippen molar-refractivity contribution in [1.82, 2.24) is 10.1 Å². The molecule has 3 atom stereocenters. The van der Waals surface area contributed by atoms with Gasteiger partial charge in [0.2, 0.25) is 5.89 Å². The van der Waals surface area contributed by atoms with Gasteiger partial charge in [-0.2, -0.15) is 4.98 Å². The van der Waals surface area contributed by atoms with Crippen LogP contribution >= 0.6 is 0 Å². The predicted octanol–water partition coefficient (Wildman–Crippen LogP) is 2.70. The van der Waals surface area contributed by atoms with Crippen LogP contribution in [0.3, 0.4) is 0 Å². The molecule has 3 aliphatic rings. The zero-order valence-electron chi connectivity index (χ0n) is 10.8. The highest BCUT2D eigenvalue weighted by Crippen LogP contribution is 2.52. The Morgan fingerprint density at radius 3 is 2.67 bits per heavy atom. The summed E-state index contributed by atoms with van der Waals surface area (Å²) in [4.78, 5) is 4.66. The summed E-state index contributed by atoms with van der Waals surface area (Å²) in [5.74, 6) is 3.90. The summed E-state index contributed by atoms with van der Waals surface area (Å²) in [6.45, 7) is 0. The van der Waals surface area contributed by atoms with Crippen LogP contribution in [0.5, 0.6) is 0 Å². The number of rotatable bonds is 2. The van der Waals surface area contributed by atoms with Gasteiger partial charge in [-0.15, -0.1) is 0 Å². The van der Waals surface area contributed by atoms with Gasteiger partial charge < -0.3 is 10.3 Å². The molecule has 0 aliphatic heterocycles. The zero-order chi connectivity index (χ0) is 12.2. The second kappa shape index (κ2) is 3.80. The standard InChI is InChI=1S/C14H21N3O/c15-14(5-1-2-6-14)13-16-12(17-18-13)11-8-9-3-4-10(11)7-9/h9-11H,1-8,15H2. The number of hydrogen-bond donors (Lipinski definition) is 1. The molecule has 0 aromatic carbocycles. The van der Waals surface area contributed by atoms with E-state index in [0.29, 0.717) is 11.8 Å². The summed E-state index contributed by atoms with van der Waals surface area (Å²) < 4.78 is 5.49. The van der Waals surface area contributed by atoms with E-state index in [0.717, 1.165) is 30.5 Å². The van der Waals surface area contributed by atoms with Crippen molar-refractivity contribution >= 4 is 0 Å². The van der Waals surface area contributed by atoms with Gasteiger partial charge in [0, 0.05) is 5.92 Å². The minimum absolute atomic E-state index is 0.330. The molecule has 4 nitrogen and oxygen atoms in total. The molecule has 4 rings (SSSR count). The zero-order valence-corrected chi connectivity index (χ0v) is 10.8. The lowest BCUT2D eigenvalue weighted by Crippen LogP contribution is -2.33. The van der Waals surface area contributed by atoms with Crippen LogP contribution in [0, 0.1) is 11.8 Å². The topological polar surface area (TPSA) is 64.9 Å². The molecule has 3 aliphatic carbocycles. The van der Waals surface area contributed by atoms with Crippen molar-refractivity contribution in [1.29, 1.82) is 0 Å². The molecule has 3 fully saturated rings. The second-order valence-corrected chi connectivity index (χ2v) is 6.60. The minimum Gasteiger partial charge on any atom is -0.337 e. The average molecular weight is 247 g/mol. The van der Waals surface area contributed by atoms with Gasteiger partial charge in [-0.05, 0) is 43.9 Å². The van der Waals surface area contributed by atoms with Crippen LogP contribution in [0.1, 0.15) is 69.0 Å². The van der Waals surface area contributed by atoms with Crippen molar-refractivity contribution in [3.63, 3.8) is 0 Å². The molecule has 3 unspecified atom stereocenters. The van der Waals surface area contributed by atoms with E-state index < -0.39 is 0 Å². The summed E-state index contributed by atoms with van der Waals surface area (Å²) in [5, 5.41) is 4.24. The van der Waals surface area contributed by atoms with Gasteiger partial charge >= 0.3 is 0 Å². The van der Waals surface area contributed by atoms with E-state index in [1.807, 2.05) is 0 Å². The first kappa shape index (κ1) is 11.0. The Hall–Kier alpha value is -0.900. The van der Waals surface area contributed by atoms with Gasteiger partial charge in [-0.1, -0.05) is 24.4 Å². The van der Waals surface area contributed by atoms with E-state index in [-0.39, 0.29) is 5.54 Å². The SMILES string of the molecule is NC1(c2nc(C3CC4CCC3C4)no2)CCCC1. The van der Waals surface area contributed by atoms with Crippen molar-refractivity contribution in [2.75, 3.05) is 0 Å². The summed E-state index contributed by atoms with van der Waals surface area (Å²) in [6, 6.07) is 0. The Morgan fingerprint density at radius 1 is 1.17 bits per heavy atom. The molecule has 3 saturated carbocycles. The van der Waals surface area contributed by atoms with Crippen LogP contribution in [0.25, 0.3) is 0 Å². The minimum atomic E-state index is -0.330. The highest BCUT2D eigenvalue weighted by molar-refractivity contribution is 5.10. The fourth-order valence-corrected chi connectivity index (χ4v) is 4.37. The lowest BCUT2D eigenvalue weighted by molar-refractivity contribution is 0.281. The monoisotopic (exact) mass is 247 g/mol. The summed E-state index contributed by atoms with van der Waals surface area (Å²) in [7, 11) is 0. The third-order valence-corrected chi connectivity index (χ3v) is 5.43. The maximum absolute atomic E-state index is 6.37. The third-order valence-electron chi connectivity index (χ3n) is 5.43. The van der Waals surface area contributed by atoms with E-state index in [1.165, 1.54) is 38.5 Å². The molecule has 1 aromatic heterocycles. The Bertz CT molecular complexity index is 450. The van der Waals surface area contributed by atoms with Gasteiger partial charge in [-0.3, -0.25) is 0 Å². The van der Waals surface area contributed by atoms with Crippen molar-refractivity contribution in [2.45, 2.75) is 62.8 Å². The van der Waals surface area contributed by atoms with Crippen molar-refractivity contribution in [3.8, 4) is 0 Å². The Kier molecular flexibility index (Phi) is 2.31. The molecular weight excluding hydrogens is 226 g/mol. The first-order valence-electron chi connectivity index (χ1n) is 7.37. The van der Waals surface area contributed by atoms with Crippen LogP contribution in [-0.4, -0.2) is 10.1 Å². The van der Waals surface area contributed by atoms with Gasteiger partial charge in [0.25, 0.3) is 0 Å². The van der Waals surface area contributed by atoms with Gasteiger partial charge in [0.05, 0.1) is 5.54 Å². The third kappa shape index (κ3) is 1.54. The largest absolute Gasteiger partial charge is 0.337 e. The van der Waals surface area contributed by atoms with E-state index in [1.54, 1.807) is 0 Å². The maximum atomic E-state index is 6.37. The van der Waals surface area contributed by atoms with E-state index >= 15 is 0 Å². The fourth-order valence-electron chi connectivity index (χ4n) is 4.37. The Labute approximate surface area is 107 Å². The van der Waals surface area contributed by atoms with Crippen LogP contribution in [-0.2, 0) is 5.54 Å². The van der Waals surface area contributed by atoms with Crippen LogP contribution in [0.15, 0.2) is 4.52 Å². The van der Waals surface area contributed by atoms with Gasteiger partial charge in [0.15, 0.2) is 5.82 Å². The number of fused-ring (bicyclic) bond motifs is 2. The van der Waals surface area contributed by atoms with Crippen molar-refractivity contribution in [3.05, 3.63) is 11.7 Å². The maximum Gasteiger partial charge on any atom is 0.246 e. The number of nitrogens with zero attached hydrogens (tertiary/aromatic N) is 2. The lowest BCUT2D eigenvalue weighted by Gasteiger charge is -2.19. The molecule has 0 amide bonds. The summed E-state index contributed by atoms with van der Waals surface area (Å²) in [6.07, 6.45) is 9.75. The van der Waals surface area contributed by atoms with Crippen LogP contribution < -0.4 is 5.73 Å². The molecular formula is C14H21N3O. The highest BCUT2D eigenvalue weighted by atomic mass is 16.5. The van der Waals surface area contributed by atoms with E-state index in [4.69, 9.17) is 10.3 Å². The first-order valence-corrected chi connectivity index (χ1v) is 7.37. The molecule has 0 saturated heterocycles. The molecule has 0 radical (unpaired) electrons. The van der Waals surface area contributed by atoms with Gasteiger partial charge in [0.1, 0.15) is 0 Å². The quantitative estimate of drug-likeness (QED) is 0.872. The molecule has 2 bridgehead atoms. The van der Waals surface area contributed by atoms with E-state index in [2.05, 4.69) is 10.1 Å².